The summed E-state index contributed by atoms with van der Waals surface area (Å²) in [5.41, 5.74) is 3.83. The second kappa shape index (κ2) is 10.7. The molecule has 1 saturated heterocycles. The number of nitrogens with one attached hydrogen (secondary N) is 2. The van der Waals surface area contributed by atoms with E-state index in [0.717, 1.165) is 12.8 Å². The first kappa shape index (κ1) is 22.5. The molecule has 1 aliphatic heterocycles. The first-order chi connectivity index (χ1) is 15.6. The Labute approximate surface area is 188 Å². The first-order valence-corrected chi connectivity index (χ1v) is 11.3. The topological polar surface area (TPSA) is 90.9 Å². The Kier molecular flexibility index (Phi) is 7.52. The van der Waals surface area contributed by atoms with Gasteiger partial charge in [-0.15, -0.1) is 0 Å². The summed E-state index contributed by atoms with van der Waals surface area (Å²) in [4.78, 5) is 26.8. The number of ether oxygens (including phenoxy) is 1. The average Bonchev–Trinajstić information content (AvgIpc) is 3.27. The third kappa shape index (κ3) is 5.54. The van der Waals surface area contributed by atoms with Gasteiger partial charge < -0.3 is 25.4 Å². The number of nitrogens with zero attached hydrogens (tertiary/aromatic N) is 1. The second-order valence-electron chi connectivity index (χ2n) is 8.52. The van der Waals surface area contributed by atoms with E-state index in [9.17, 15) is 14.7 Å². The van der Waals surface area contributed by atoms with Crippen LogP contribution in [0.5, 0.6) is 0 Å². The number of hydrogen-bond donors (Lipinski definition) is 3. The number of aliphatic hydroxyl groups excluding tert-OH is 1. The molecule has 4 rings (SSSR count). The number of amides is 2. The van der Waals surface area contributed by atoms with E-state index in [0.29, 0.717) is 56.6 Å². The standard InChI is InChI=1S/C25H31N3O4/c29-17-18(15-26-23-13-21-3-1-2-4-22(21)14-23)16-27-24(30)19-5-7-20(8-6-19)25(31)28-9-11-32-12-10-28/h1-8,18,23,26,29H,9-17H2,(H,27,30). The normalized spacial score (nSPS) is 17.1. The predicted molar refractivity (Wildman–Crippen MR) is 122 cm³/mol. The molecule has 0 radical (unpaired) electrons. The molecule has 7 heteroatoms. The molecule has 2 aliphatic rings. The molecule has 1 aliphatic carbocycles. The fourth-order valence-corrected chi connectivity index (χ4v) is 4.29. The second-order valence-corrected chi connectivity index (χ2v) is 8.52. The lowest BCUT2D eigenvalue weighted by Crippen LogP contribution is -2.40. The van der Waals surface area contributed by atoms with E-state index in [1.165, 1.54) is 11.1 Å². The van der Waals surface area contributed by atoms with Crippen LogP contribution >= 0.6 is 0 Å². The minimum atomic E-state index is -0.206. The lowest BCUT2D eigenvalue weighted by atomic mass is 10.1. The van der Waals surface area contributed by atoms with Crippen LogP contribution in [0.4, 0.5) is 0 Å². The average molecular weight is 438 g/mol. The van der Waals surface area contributed by atoms with Crippen molar-refractivity contribution in [2.45, 2.75) is 18.9 Å². The number of aliphatic hydroxyl groups is 1. The van der Waals surface area contributed by atoms with E-state index in [1.807, 2.05) is 0 Å². The van der Waals surface area contributed by atoms with Crippen LogP contribution < -0.4 is 10.6 Å². The molecule has 1 heterocycles. The smallest absolute Gasteiger partial charge is 0.254 e. The number of hydrogen-bond acceptors (Lipinski definition) is 5. The molecule has 0 bridgehead atoms. The van der Waals surface area contributed by atoms with Gasteiger partial charge in [-0.1, -0.05) is 24.3 Å². The first-order valence-electron chi connectivity index (χ1n) is 11.3. The maximum Gasteiger partial charge on any atom is 0.254 e. The minimum Gasteiger partial charge on any atom is -0.396 e. The Hall–Kier alpha value is -2.74. The molecule has 1 unspecified atom stereocenters. The monoisotopic (exact) mass is 437 g/mol. The van der Waals surface area contributed by atoms with E-state index in [-0.39, 0.29) is 24.3 Å². The maximum atomic E-state index is 12.5. The Morgan fingerprint density at radius 1 is 0.969 bits per heavy atom. The quantitative estimate of drug-likeness (QED) is 0.578. The van der Waals surface area contributed by atoms with Gasteiger partial charge in [-0.05, 0) is 48.2 Å². The van der Waals surface area contributed by atoms with Crippen LogP contribution in [0.1, 0.15) is 31.8 Å². The van der Waals surface area contributed by atoms with Gasteiger partial charge >= 0.3 is 0 Å². The lowest BCUT2D eigenvalue weighted by molar-refractivity contribution is 0.0303. The summed E-state index contributed by atoms with van der Waals surface area (Å²) in [5.74, 6) is -0.312. The number of morpholine rings is 1. The molecule has 1 fully saturated rings. The number of carbonyl (C=O) groups excluding carboxylic acids is 2. The molecular formula is C25H31N3O4. The van der Waals surface area contributed by atoms with Crippen molar-refractivity contribution in [3.8, 4) is 0 Å². The Balaban J connectivity index is 1.23. The summed E-state index contributed by atoms with van der Waals surface area (Å²) in [6.45, 7) is 3.32. The molecule has 32 heavy (non-hydrogen) atoms. The van der Waals surface area contributed by atoms with Crippen molar-refractivity contribution in [2.75, 3.05) is 46.0 Å². The van der Waals surface area contributed by atoms with E-state index in [4.69, 9.17) is 4.74 Å². The Morgan fingerprint density at radius 2 is 1.59 bits per heavy atom. The van der Waals surface area contributed by atoms with Gasteiger partial charge in [0.1, 0.15) is 0 Å². The molecule has 1 atom stereocenters. The zero-order chi connectivity index (χ0) is 22.3. The number of benzene rings is 2. The largest absolute Gasteiger partial charge is 0.396 e. The van der Waals surface area contributed by atoms with E-state index in [1.54, 1.807) is 29.2 Å². The highest BCUT2D eigenvalue weighted by molar-refractivity contribution is 5.97. The highest BCUT2D eigenvalue weighted by atomic mass is 16.5. The number of rotatable bonds is 8. The zero-order valence-corrected chi connectivity index (χ0v) is 18.3. The molecular weight excluding hydrogens is 406 g/mol. The summed E-state index contributed by atoms with van der Waals surface area (Å²) >= 11 is 0. The summed E-state index contributed by atoms with van der Waals surface area (Å²) in [7, 11) is 0. The summed E-state index contributed by atoms with van der Waals surface area (Å²) in [6, 6.07) is 15.6. The van der Waals surface area contributed by atoms with Crippen molar-refractivity contribution in [2.24, 2.45) is 5.92 Å². The summed E-state index contributed by atoms with van der Waals surface area (Å²) in [6.07, 6.45) is 1.99. The van der Waals surface area contributed by atoms with Crippen molar-refractivity contribution in [3.05, 3.63) is 70.8 Å². The van der Waals surface area contributed by atoms with Crippen molar-refractivity contribution in [3.63, 3.8) is 0 Å². The van der Waals surface area contributed by atoms with Gasteiger partial charge in [0.15, 0.2) is 0 Å². The SMILES string of the molecule is O=C(NCC(CO)CNC1Cc2ccccc2C1)c1ccc(C(=O)N2CCOCC2)cc1. The van der Waals surface area contributed by atoms with Crippen molar-refractivity contribution in [1.82, 2.24) is 15.5 Å². The van der Waals surface area contributed by atoms with E-state index >= 15 is 0 Å². The van der Waals surface area contributed by atoms with Crippen LogP contribution in [0.25, 0.3) is 0 Å². The molecule has 2 aromatic carbocycles. The van der Waals surface area contributed by atoms with Crippen molar-refractivity contribution < 1.29 is 19.4 Å². The zero-order valence-electron chi connectivity index (χ0n) is 18.3. The summed E-state index contributed by atoms with van der Waals surface area (Å²) in [5, 5.41) is 16.2. The van der Waals surface area contributed by atoms with Crippen LogP contribution in [0.15, 0.2) is 48.5 Å². The van der Waals surface area contributed by atoms with E-state index < -0.39 is 0 Å². The van der Waals surface area contributed by atoms with Crippen LogP contribution in [-0.4, -0.2) is 73.9 Å². The van der Waals surface area contributed by atoms with Crippen LogP contribution in [0.3, 0.4) is 0 Å². The highest BCUT2D eigenvalue weighted by Crippen LogP contribution is 2.21. The molecule has 2 aromatic rings. The van der Waals surface area contributed by atoms with Crippen LogP contribution in [-0.2, 0) is 17.6 Å². The molecule has 7 nitrogen and oxygen atoms in total. The fourth-order valence-electron chi connectivity index (χ4n) is 4.29. The van der Waals surface area contributed by atoms with Gasteiger partial charge in [0.25, 0.3) is 11.8 Å². The Bertz CT molecular complexity index is 900. The molecule has 0 aromatic heterocycles. The van der Waals surface area contributed by atoms with Gasteiger partial charge in [-0.25, -0.2) is 0 Å². The van der Waals surface area contributed by atoms with Gasteiger partial charge in [0.2, 0.25) is 0 Å². The molecule has 0 saturated carbocycles. The van der Waals surface area contributed by atoms with Gasteiger partial charge in [-0.3, -0.25) is 9.59 Å². The van der Waals surface area contributed by atoms with E-state index in [2.05, 4.69) is 34.9 Å². The summed E-state index contributed by atoms with van der Waals surface area (Å²) < 4.78 is 5.28. The highest BCUT2D eigenvalue weighted by Gasteiger charge is 2.22. The molecule has 0 spiro atoms. The molecule has 170 valence electrons. The van der Waals surface area contributed by atoms with Crippen molar-refractivity contribution in [1.29, 1.82) is 0 Å². The fraction of sp³-hybridized carbons (Fsp3) is 0.440. The molecule has 2 amide bonds. The lowest BCUT2D eigenvalue weighted by Gasteiger charge is -2.26. The third-order valence-electron chi connectivity index (χ3n) is 6.25. The van der Waals surface area contributed by atoms with Crippen molar-refractivity contribution >= 4 is 11.8 Å². The van der Waals surface area contributed by atoms with Gasteiger partial charge in [-0.2, -0.15) is 0 Å². The van der Waals surface area contributed by atoms with Crippen LogP contribution in [0.2, 0.25) is 0 Å². The molecule has 3 N–H and O–H groups in total. The maximum absolute atomic E-state index is 12.5. The Morgan fingerprint density at radius 3 is 2.22 bits per heavy atom. The number of carbonyl (C=O) groups is 2. The minimum absolute atomic E-state index is 0.0000624. The third-order valence-corrected chi connectivity index (χ3v) is 6.25. The van der Waals surface area contributed by atoms with Crippen LogP contribution in [0, 0.1) is 5.92 Å². The van der Waals surface area contributed by atoms with Gasteiger partial charge in [0, 0.05) is 55.9 Å². The predicted octanol–water partition coefficient (Wildman–Crippen LogP) is 1.25. The van der Waals surface area contributed by atoms with Gasteiger partial charge in [0.05, 0.1) is 13.2 Å². The number of fused-ring (bicyclic) bond motifs is 1.